The first kappa shape index (κ1) is 19.8. The Balaban J connectivity index is 1.69. The van der Waals surface area contributed by atoms with E-state index in [1.54, 1.807) is 0 Å². The minimum atomic E-state index is -0.133. The molecule has 0 N–H and O–H groups in total. The van der Waals surface area contributed by atoms with Crippen LogP contribution in [0.25, 0.3) is 0 Å². The van der Waals surface area contributed by atoms with E-state index in [-0.39, 0.29) is 11.9 Å². The predicted molar refractivity (Wildman–Crippen MR) is 105 cm³/mol. The van der Waals surface area contributed by atoms with Gasteiger partial charge in [-0.15, -0.1) is 0 Å². The molecular weight excluding hydrogens is 308 g/mol. The lowest BCUT2D eigenvalue weighted by atomic mass is 9.82. The number of carbonyl (C=O) groups is 1. The van der Waals surface area contributed by atoms with Crippen molar-refractivity contribution in [2.45, 2.75) is 78.1 Å². The zero-order valence-electron chi connectivity index (χ0n) is 16.0. The van der Waals surface area contributed by atoms with Crippen molar-refractivity contribution in [3.63, 3.8) is 0 Å². The van der Waals surface area contributed by atoms with Crippen LogP contribution in [0.5, 0.6) is 5.75 Å². The third-order valence-corrected chi connectivity index (χ3v) is 5.39. The van der Waals surface area contributed by atoms with Crippen molar-refractivity contribution in [1.29, 1.82) is 0 Å². The zero-order chi connectivity index (χ0) is 17.9. The van der Waals surface area contributed by atoms with E-state index in [1.807, 2.05) is 37.3 Å². The van der Waals surface area contributed by atoms with E-state index in [4.69, 9.17) is 4.74 Å². The van der Waals surface area contributed by atoms with Crippen LogP contribution in [-0.2, 0) is 4.79 Å². The first-order valence-corrected chi connectivity index (χ1v) is 10.2. The summed E-state index contributed by atoms with van der Waals surface area (Å²) in [5.74, 6) is 1.19. The number of esters is 1. The van der Waals surface area contributed by atoms with E-state index in [0.29, 0.717) is 5.75 Å². The Bertz CT molecular complexity index is 532. The van der Waals surface area contributed by atoms with Gasteiger partial charge in [0.05, 0.1) is 5.92 Å². The highest BCUT2D eigenvalue weighted by Gasteiger charge is 2.23. The second kappa shape index (κ2) is 11.1. The van der Waals surface area contributed by atoms with Crippen LogP contribution in [0.1, 0.15) is 78.1 Å². The number of unbranched alkanes of at least 4 members (excludes halogenated alkanes) is 5. The number of benzene rings is 1. The molecule has 138 valence electrons. The molecule has 2 rings (SSSR count). The highest BCUT2D eigenvalue weighted by Crippen LogP contribution is 2.32. The molecule has 2 atom stereocenters. The minimum absolute atomic E-state index is 0.129. The molecule has 0 aliphatic heterocycles. The lowest BCUT2D eigenvalue weighted by Gasteiger charge is -2.24. The number of rotatable bonds is 10. The summed E-state index contributed by atoms with van der Waals surface area (Å²) < 4.78 is 5.49. The number of allylic oxidation sites excluding steroid dienone is 1. The molecule has 0 radical (unpaired) electrons. The van der Waals surface area contributed by atoms with Gasteiger partial charge in [-0.3, -0.25) is 4.79 Å². The number of carbonyl (C=O) groups excluding carboxylic acids is 1. The van der Waals surface area contributed by atoms with Crippen LogP contribution in [0.4, 0.5) is 0 Å². The van der Waals surface area contributed by atoms with Crippen LogP contribution in [0, 0.1) is 11.8 Å². The van der Waals surface area contributed by atoms with Gasteiger partial charge in [-0.25, -0.2) is 0 Å². The first-order chi connectivity index (χ1) is 12.2. The molecule has 0 heterocycles. The topological polar surface area (TPSA) is 26.3 Å². The molecule has 1 aromatic rings. The van der Waals surface area contributed by atoms with Gasteiger partial charge >= 0.3 is 5.97 Å². The Labute approximate surface area is 153 Å². The van der Waals surface area contributed by atoms with Crippen molar-refractivity contribution < 1.29 is 9.53 Å². The molecule has 2 unspecified atom stereocenters. The van der Waals surface area contributed by atoms with Gasteiger partial charge < -0.3 is 4.74 Å². The average Bonchev–Trinajstić information content (AvgIpc) is 2.65. The van der Waals surface area contributed by atoms with E-state index in [0.717, 1.165) is 18.8 Å². The molecule has 0 fully saturated rings. The fourth-order valence-electron chi connectivity index (χ4n) is 3.62. The van der Waals surface area contributed by atoms with Crippen LogP contribution in [0.15, 0.2) is 42.0 Å². The van der Waals surface area contributed by atoms with Crippen LogP contribution >= 0.6 is 0 Å². The number of ether oxygens (including phenoxy) is 1. The normalized spacial score (nSPS) is 18.5. The second-order valence-corrected chi connectivity index (χ2v) is 7.43. The molecule has 1 aliphatic rings. The summed E-state index contributed by atoms with van der Waals surface area (Å²) in [6, 6.07) is 9.36. The van der Waals surface area contributed by atoms with Crippen molar-refractivity contribution in [3.05, 3.63) is 42.0 Å². The average molecular weight is 343 g/mol. The molecular formula is C23H34O2. The van der Waals surface area contributed by atoms with E-state index >= 15 is 0 Å². The maximum absolute atomic E-state index is 12.3. The molecule has 1 aromatic carbocycles. The Kier molecular flexibility index (Phi) is 8.79. The van der Waals surface area contributed by atoms with Gasteiger partial charge in [0.2, 0.25) is 0 Å². The smallest absolute Gasteiger partial charge is 0.318 e. The molecule has 2 heteroatoms. The van der Waals surface area contributed by atoms with Crippen molar-refractivity contribution in [3.8, 4) is 5.75 Å². The Morgan fingerprint density at radius 2 is 1.84 bits per heavy atom. The second-order valence-electron chi connectivity index (χ2n) is 7.43. The van der Waals surface area contributed by atoms with E-state index in [2.05, 4.69) is 13.0 Å². The highest BCUT2D eigenvalue weighted by atomic mass is 16.5. The van der Waals surface area contributed by atoms with E-state index in [9.17, 15) is 4.79 Å². The molecule has 1 aliphatic carbocycles. The Morgan fingerprint density at radius 3 is 2.52 bits per heavy atom. The molecule has 0 saturated carbocycles. The van der Waals surface area contributed by atoms with Gasteiger partial charge in [0, 0.05) is 0 Å². The maximum atomic E-state index is 12.3. The third-order valence-electron chi connectivity index (χ3n) is 5.39. The summed E-state index contributed by atoms with van der Waals surface area (Å²) in [7, 11) is 0. The summed E-state index contributed by atoms with van der Waals surface area (Å²) in [5, 5.41) is 0. The SMILES string of the molecule is CCCCCCCCC1CC=C(C(C)C(=O)Oc2ccccc2)CC1. The van der Waals surface area contributed by atoms with Gasteiger partial charge in [-0.05, 0) is 44.2 Å². The summed E-state index contributed by atoms with van der Waals surface area (Å²) in [4.78, 5) is 12.3. The van der Waals surface area contributed by atoms with Crippen molar-refractivity contribution in [2.75, 3.05) is 0 Å². The molecule has 2 nitrogen and oxygen atoms in total. The molecule has 0 saturated heterocycles. The summed E-state index contributed by atoms with van der Waals surface area (Å²) in [6.07, 6.45) is 15.3. The lowest BCUT2D eigenvalue weighted by molar-refractivity contribution is -0.137. The highest BCUT2D eigenvalue weighted by molar-refractivity contribution is 5.77. The summed E-state index contributed by atoms with van der Waals surface area (Å²) in [5.41, 5.74) is 1.26. The molecule has 25 heavy (non-hydrogen) atoms. The number of para-hydroxylation sites is 1. The largest absolute Gasteiger partial charge is 0.426 e. The van der Waals surface area contributed by atoms with Crippen LogP contribution < -0.4 is 4.74 Å². The van der Waals surface area contributed by atoms with Gasteiger partial charge in [-0.2, -0.15) is 0 Å². The standard InChI is InChI=1S/C23H34O2/c1-3-4-5-6-7-9-12-20-15-17-21(18-16-20)19(2)23(24)25-22-13-10-8-11-14-22/h8,10-11,13-14,17,19-20H,3-7,9,12,15-16,18H2,1-2H3. The fraction of sp³-hybridized carbons (Fsp3) is 0.609. The van der Waals surface area contributed by atoms with E-state index < -0.39 is 0 Å². The Morgan fingerprint density at radius 1 is 1.12 bits per heavy atom. The van der Waals surface area contributed by atoms with Crippen molar-refractivity contribution >= 4 is 5.97 Å². The lowest BCUT2D eigenvalue weighted by Crippen LogP contribution is -2.21. The van der Waals surface area contributed by atoms with Gasteiger partial charge in [0.1, 0.15) is 5.75 Å². The van der Waals surface area contributed by atoms with Crippen molar-refractivity contribution in [1.82, 2.24) is 0 Å². The monoisotopic (exact) mass is 342 g/mol. The predicted octanol–water partition coefficient (Wildman–Crippen LogP) is 6.71. The Hall–Kier alpha value is -1.57. The quantitative estimate of drug-likeness (QED) is 0.204. The van der Waals surface area contributed by atoms with Crippen LogP contribution in [0.3, 0.4) is 0 Å². The molecule has 0 amide bonds. The van der Waals surface area contributed by atoms with Crippen LogP contribution in [-0.4, -0.2) is 5.97 Å². The zero-order valence-corrected chi connectivity index (χ0v) is 16.0. The van der Waals surface area contributed by atoms with Crippen LogP contribution in [0.2, 0.25) is 0 Å². The number of hydrogen-bond donors (Lipinski definition) is 0. The first-order valence-electron chi connectivity index (χ1n) is 10.2. The van der Waals surface area contributed by atoms with E-state index in [1.165, 1.54) is 56.9 Å². The minimum Gasteiger partial charge on any atom is -0.426 e. The maximum Gasteiger partial charge on any atom is 0.318 e. The molecule has 0 aromatic heterocycles. The van der Waals surface area contributed by atoms with Gasteiger partial charge in [-0.1, -0.05) is 81.7 Å². The molecule has 0 bridgehead atoms. The molecule has 0 spiro atoms. The van der Waals surface area contributed by atoms with Gasteiger partial charge in [0.15, 0.2) is 0 Å². The van der Waals surface area contributed by atoms with Crippen molar-refractivity contribution in [2.24, 2.45) is 11.8 Å². The fourth-order valence-corrected chi connectivity index (χ4v) is 3.62. The third kappa shape index (κ3) is 7.05. The number of hydrogen-bond acceptors (Lipinski definition) is 2. The van der Waals surface area contributed by atoms with Gasteiger partial charge in [0.25, 0.3) is 0 Å². The summed E-state index contributed by atoms with van der Waals surface area (Å²) in [6.45, 7) is 4.24. The summed E-state index contributed by atoms with van der Waals surface area (Å²) >= 11 is 0.